The van der Waals surface area contributed by atoms with E-state index in [9.17, 15) is 13.2 Å². The molecule has 1 N–H and O–H groups in total. The number of rotatable bonds is 5. The molecule has 3 rings (SSSR count). The smallest absolute Gasteiger partial charge is 0.409 e. The Morgan fingerprint density at radius 1 is 1.17 bits per heavy atom. The maximum absolute atomic E-state index is 12.4. The minimum absolute atomic E-state index is 0.309. The molecule has 0 aromatic heterocycles. The lowest BCUT2D eigenvalue weighted by Crippen LogP contribution is -2.57. The Kier molecular flexibility index (Phi) is 6.59. The lowest BCUT2D eigenvalue weighted by molar-refractivity contribution is 0.0792. The first-order valence-electron chi connectivity index (χ1n) is 9.75. The molecule has 1 aliphatic rings. The van der Waals surface area contributed by atoms with Gasteiger partial charge in [0, 0.05) is 12.6 Å². The monoisotopic (exact) mass is 416 g/mol. The van der Waals surface area contributed by atoms with Crippen LogP contribution in [0.4, 0.5) is 4.79 Å². The molecule has 1 saturated heterocycles. The summed E-state index contributed by atoms with van der Waals surface area (Å²) in [6, 6.07) is 15.8. The van der Waals surface area contributed by atoms with E-state index < -0.39 is 16.1 Å². The predicted molar refractivity (Wildman–Crippen MR) is 114 cm³/mol. The van der Waals surface area contributed by atoms with Gasteiger partial charge in [0.1, 0.15) is 0 Å². The minimum Gasteiger partial charge on any atom is -0.453 e. The first-order valence-corrected chi connectivity index (χ1v) is 11.6. The van der Waals surface area contributed by atoms with Gasteiger partial charge < -0.3 is 9.64 Å². The van der Waals surface area contributed by atoms with Crippen molar-refractivity contribution in [2.24, 2.45) is 0 Å². The van der Waals surface area contributed by atoms with E-state index in [0.717, 1.165) is 34.9 Å². The zero-order valence-corrected chi connectivity index (χ0v) is 17.9. The van der Waals surface area contributed by atoms with E-state index in [-0.39, 0.29) is 12.1 Å². The van der Waals surface area contributed by atoms with Gasteiger partial charge in [-0.15, -0.1) is 0 Å². The van der Waals surface area contributed by atoms with Gasteiger partial charge in [-0.1, -0.05) is 54.1 Å². The van der Waals surface area contributed by atoms with Crippen LogP contribution in [0.1, 0.15) is 24.0 Å². The zero-order chi connectivity index (χ0) is 21.0. The van der Waals surface area contributed by atoms with Crippen LogP contribution in [-0.4, -0.2) is 51.4 Å². The molecular weight excluding hydrogens is 388 g/mol. The van der Waals surface area contributed by atoms with Gasteiger partial charge in [-0.3, -0.25) is 0 Å². The average Bonchev–Trinajstić information content (AvgIpc) is 2.68. The van der Waals surface area contributed by atoms with Crippen LogP contribution in [0, 0.1) is 6.92 Å². The fourth-order valence-corrected chi connectivity index (χ4v) is 4.91. The number of benzene rings is 2. The van der Waals surface area contributed by atoms with Crippen molar-refractivity contribution in [3.8, 4) is 11.1 Å². The average molecular weight is 417 g/mol. The topological polar surface area (TPSA) is 75.7 Å². The summed E-state index contributed by atoms with van der Waals surface area (Å²) in [6.45, 7) is 2.60. The van der Waals surface area contributed by atoms with Crippen LogP contribution in [0.2, 0.25) is 0 Å². The lowest BCUT2D eigenvalue weighted by atomic mass is 9.90. The van der Waals surface area contributed by atoms with Gasteiger partial charge in [0.05, 0.1) is 19.4 Å². The highest BCUT2D eigenvalue weighted by molar-refractivity contribution is 7.88. The van der Waals surface area contributed by atoms with Crippen molar-refractivity contribution >= 4 is 16.1 Å². The molecule has 2 aromatic rings. The zero-order valence-electron chi connectivity index (χ0n) is 17.1. The Balaban J connectivity index is 1.94. The molecule has 6 nitrogen and oxygen atoms in total. The Morgan fingerprint density at radius 2 is 1.90 bits per heavy atom. The third-order valence-electron chi connectivity index (χ3n) is 5.24. The molecule has 1 aliphatic heterocycles. The summed E-state index contributed by atoms with van der Waals surface area (Å²) in [4.78, 5) is 14.0. The van der Waals surface area contributed by atoms with Crippen molar-refractivity contribution in [1.82, 2.24) is 9.62 Å². The quantitative estimate of drug-likeness (QED) is 0.811. The van der Waals surface area contributed by atoms with Crippen LogP contribution < -0.4 is 4.72 Å². The number of carbonyl (C=O) groups is 1. The number of hydrogen-bond donors (Lipinski definition) is 1. The summed E-state index contributed by atoms with van der Waals surface area (Å²) in [6.07, 6.45) is 2.68. The van der Waals surface area contributed by atoms with Gasteiger partial charge in [-0.2, -0.15) is 0 Å². The minimum atomic E-state index is -3.39. The highest BCUT2D eigenvalue weighted by Crippen LogP contribution is 2.27. The highest BCUT2D eigenvalue weighted by atomic mass is 32.2. The van der Waals surface area contributed by atoms with E-state index in [2.05, 4.69) is 35.1 Å². The van der Waals surface area contributed by atoms with Crippen LogP contribution in [0.15, 0.2) is 48.5 Å². The molecule has 1 amide bonds. The largest absolute Gasteiger partial charge is 0.453 e. The molecule has 0 radical (unpaired) electrons. The van der Waals surface area contributed by atoms with E-state index in [1.165, 1.54) is 7.11 Å². The van der Waals surface area contributed by atoms with Crippen molar-refractivity contribution in [3.05, 3.63) is 59.7 Å². The summed E-state index contributed by atoms with van der Waals surface area (Å²) < 4.78 is 31.5. The van der Waals surface area contributed by atoms with Crippen molar-refractivity contribution in [2.45, 2.75) is 38.3 Å². The Labute approximate surface area is 172 Å². The van der Waals surface area contributed by atoms with Gasteiger partial charge in [-0.05, 0) is 42.9 Å². The fourth-order valence-electron chi connectivity index (χ4n) is 4.08. The molecule has 0 unspecified atom stereocenters. The van der Waals surface area contributed by atoms with E-state index in [1.807, 2.05) is 25.1 Å². The number of nitrogens with zero attached hydrogens (tertiary/aromatic N) is 1. The number of likely N-dealkylation sites (tertiary alicyclic amines) is 1. The van der Waals surface area contributed by atoms with Gasteiger partial charge in [0.15, 0.2) is 0 Å². The molecule has 2 atom stereocenters. The second kappa shape index (κ2) is 8.97. The molecule has 7 heteroatoms. The molecule has 1 heterocycles. The molecule has 0 aliphatic carbocycles. The summed E-state index contributed by atoms with van der Waals surface area (Å²) in [5, 5.41) is 0. The van der Waals surface area contributed by atoms with Crippen LogP contribution in [0.25, 0.3) is 11.1 Å². The van der Waals surface area contributed by atoms with Gasteiger partial charge >= 0.3 is 6.09 Å². The predicted octanol–water partition coefficient (Wildman–Crippen LogP) is 3.35. The third-order valence-corrected chi connectivity index (χ3v) is 5.97. The van der Waals surface area contributed by atoms with Gasteiger partial charge in [0.2, 0.25) is 10.0 Å². The van der Waals surface area contributed by atoms with Crippen molar-refractivity contribution in [2.75, 3.05) is 19.9 Å². The summed E-state index contributed by atoms with van der Waals surface area (Å²) in [7, 11) is -2.04. The molecule has 0 bridgehead atoms. The SMILES string of the molecule is COC(=O)N1CCC[C@@H](NS(C)(=O)=O)[C@H]1Cc1cc(C)cc(-c2ccccc2)c1. The first kappa shape index (κ1) is 21.3. The highest BCUT2D eigenvalue weighted by Gasteiger charge is 2.36. The van der Waals surface area contributed by atoms with E-state index in [0.29, 0.717) is 19.4 Å². The molecule has 156 valence electrons. The summed E-state index contributed by atoms with van der Waals surface area (Å²) in [5.41, 5.74) is 4.41. The normalized spacial score (nSPS) is 19.8. The number of ether oxygens (including phenoxy) is 1. The number of amides is 1. The van der Waals surface area contributed by atoms with Gasteiger partial charge in [0.25, 0.3) is 0 Å². The molecular formula is C22H28N2O4S. The van der Waals surface area contributed by atoms with E-state index in [1.54, 1.807) is 4.90 Å². The molecule has 2 aromatic carbocycles. The van der Waals surface area contributed by atoms with Gasteiger partial charge in [-0.25, -0.2) is 17.9 Å². The molecule has 1 fully saturated rings. The summed E-state index contributed by atoms with van der Waals surface area (Å²) in [5.74, 6) is 0. The van der Waals surface area contributed by atoms with Crippen LogP contribution in [-0.2, 0) is 21.2 Å². The fraction of sp³-hybridized carbons (Fsp3) is 0.409. The number of piperidine rings is 1. The van der Waals surface area contributed by atoms with Crippen molar-refractivity contribution in [1.29, 1.82) is 0 Å². The Morgan fingerprint density at radius 3 is 2.55 bits per heavy atom. The Bertz CT molecular complexity index is 960. The third kappa shape index (κ3) is 5.58. The number of aryl methyl sites for hydroxylation is 1. The maximum atomic E-state index is 12.4. The number of methoxy groups -OCH3 is 1. The molecule has 0 spiro atoms. The summed E-state index contributed by atoms with van der Waals surface area (Å²) >= 11 is 0. The molecule has 29 heavy (non-hydrogen) atoms. The van der Waals surface area contributed by atoms with E-state index in [4.69, 9.17) is 4.74 Å². The van der Waals surface area contributed by atoms with Crippen molar-refractivity contribution in [3.63, 3.8) is 0 Å². The van der Waals surface area contributed by atoms with Crippen LogP contribution in [0.5, 0.6) is 0 Å². The second-order valence-electron chi connectivity index (χ2n) is 7.65. The number of carbonyl (C=O) groups excluding carboxylic acids is 1. The number of hydrogen-bond acceptors (Lipinski definition) is 4. The number of sulfonamides is 1. The molecule has 0 saturated carbocycles. The van der Waals surface area contributed by atoms with Crippen molar-refractivity contribution < 1.29 is 17.9 Å². The van der Waals surface area contributed by atoms with E-state index >= 15 is 0 Å². The second-order valence-corrected chi connectivity index (χ2v) is 9.43. The van der Waals surface area contributed by atoms with Crippen LogP contribution >= 0.6 is 0 Å². The maximum Gasteiger partial charge on any atom is 0.409 e. The van der Waals surface area contributed by atoms with Crippen LogP contribution in [0.3, 0.4) is 0 Å². The number of nitrogens with one attached hydrogen (secondary N) is 1. The standard InChI is InChI=1S/C22H28N2O4S/c1-16-12-17(14-19(13-16)18-8-5-4-6-9-18)15-21-20(23-29(3,26)27)10-7-11-24(21)22(25)28-2/h4-6,8-9,12-14,20-21,23H,7,10-11,15H2,1-3H3/t20-,21-/m1/s1. The first-order chi connectivity index (χ1) is 13.8. The Hall–Kier alpha value is -2.38. The lowest BCUT2D eigenvalue weighted by Gasteiger charge is -2.40.